The minimum Gasteiger partial charge on any atom is -0.463 e. The molecule has 1 aromatic rings. The van der Waals surface area contributed by atoms with Gasteiger partial charge in [0.15, 0.2) is 0 Å². The number of carbonyl (C=O) groups excluding carboxylic acids is 2. The molecule has 1 heterocycles. The van der Waals surface area contributed by atoms with Crippen LogP contribution in [-0.2, 0) is 19.1 Å². The number of hydrogen-bond acceptors (Lipinski definition) is 5. The third kappa shape index (κ3) is 2.50. The Morgan fingerprint density at radius 2 is 2.05 bits per heavy atom. The lowest BCUT2D eigenvalue weighted by Crippen LogP contribution is -2.41. The molecule has 1 aromatic carbocycles. The summed E-state index contributed by atoms with van der Waals surface area (Å²) in [5.74, 6) is -1.22. The first kappa shape index (κ1) is 13.3. The van der Waals surface area contributed by atoms with Crippen LogP contribution in [0.25, 0.3) is 0 Å². The highest BCUT2D eigenvalue weighted by molar-refractivity contribution is 6.16. The van der Waals surface area contributed by atoms with Gasteiger partial charge in [-0.25, -0.2) is 14.6 Å². The van der Waals surface area contributed by atoms with Crippen LogP contribution < -0.4 is 0 Å². The lowest BCUT2D eigenvalue weighted by molar-refractivity contribution is -0.157. The van der Waals surface area contributed by atoms with Crippen LogP contribution in [0.15, 0.2) is 35.3 Å². The van der Waals surface area contributed by atoms with E-state index in [1.165, 1.54) is 6.92 Å². The third-order valence-electron chi connectivity index (χ3n) is 2.77. The molecule has 0 saturated carbocycles. The smallest absolute Gasteiger partial charge is 0.352 e. The molecule has 2 rings (SSSR count). The van der Waals surface area contributed by atoms with Crippen LogP contribution >= 0.6 is 0 Å². The quantitative estimate of drug-likeness (QED) is 0.611. The number of rotatable bonds is 4. The van der Waals surface area contributed by atoms with Crippen molar-refractivity contribution in [2.45, 2.75) is 25.8 Å². The van der Waals surface area contributed by atoms with Crippen molar-refractivity contribution in [2.75, 3.05) is 6.61 Å². The highest BCUT2D eigenvalue weighted by Gasteiger charge is 2.50. The highest BCUT2D eigenvalue weighted by atomic mass is 16.6. The third-order valence-corrected chi connectivity index (χ3v) is 2.77. The molecule has 5 heteroatoms. The van der Waals surface area contributed by atoms with E-state index >= 15 is 0 Å². The summed E-state index contributed by atoms with van der Waals surface area (Å²) in [5.41, 5.74) is -0.941. The number of hydrogen-bond donors (Lipinski definition) is 0. The topological polar surface area (TPSA) is 65.0 Å². The molecule has 0 aliphatic carbocycles. The molecule has 0 saturated heterocycles. The molecule has 0 fully saturated rings. The fraction of sp³-hybridized carbons (Fsp3) is 0.357. The number of carbonyl (C=O) groups is 2. The molecule has 1 unspecified atom stereocenters. The highest BCUT2D eigenvalue weighted by Crippen LogP contribution is 2.24. The fourth-order valence-electron chi connectivity index (χ4n) is 1.63. The molecule has 0 bridgehead atoms. The maximum atomic E-state index is 11.9. The number of cyclic esters (lactones) is 1. The zero-order chi connectivity index (χ0) is 13.9. The van der Waals surface area contributed by atoms with E-state index in [1.807, 2.05) is 13.0 Å². The van der Waals surface area contributed by atoms with Gasteiger partial charge in [0.05, 0.1) is 6.61 Å². The van der Waals surface area contributed by atoms with Crippen LogP contribution in [0.4, 0.5) is 0 Å². The van der Waals surface area contributed by atoms with Gasteiger partial charge in [-0.1, -0.05) is 25.1 Å². The molecule has 5 nitrogen and oxygen atoms in total. The van der Waals surface area contributed by atoms with Gasteiger partial charge in [0.25, 0.3) is 5.54 Å². The summed E-state index contributed by atoms with van der Waals surface area (Å²) < 4.78 is 10.1. The van der Waals surface area contributed by atoms with Gasteiger partial charge in [-0.3, -0.25) is 0 Å². The van der Waals surface area contributed by atoms with Gasteiger partial charge in [-0.05, 0) is 25.5 Å². The van der Waals surface area contributed by atoms with Gasteiger partial charge >= 0.3 is 11.9 Å². The van der Waals surface area contributed by atoms with Crippen LogP contribution in [0, 0.1) is 0 Å². The average molecular weight is 261 g/mol. The van der Waals surface area contributed by atoms with E-state index in [1.54, 1.807) is 24.3 Å². The van der Waals surface area contributed by atoms with E-state index in [0.29, 0.717) is 12.0 Å². The van der Waals surface area contributed by atoms with Crippen molar-refractivity contribution in [1.29, 1.82) is 0 Å². The van der Waals surface area contributed by atoms with Crippen molar-refractivity contribution < 1.29 is 19.1 Å². The summed E-state index contributed by atoms with van der Waals surface area (Å²) in [5, 5.41) is 0. The predicted molar refractivity (Wildman–Crippen MR) is 68.7 cm³/mol. The van der Waals surface area contributed by atoms with E-state index in [2.05, 4.69) is 4.99 Å². The van der Waals surface area contributed by atoms with Crippen molar-refractivity contribution in [2.24, 2.45) is 4.99 Å². The van der Waals surface area contributed by atoms with Gasteiger partial charge in [0, 0.05) is 5.56 Å². The Labute approximate surface area is 111 Å². The summed E-state index contributed by atoms with van der Waals surface area (Å²) in [6, 6.07) is 8.97. The number of esters is 2. The maximum absolute atomic E-state index is 11.9. The Morgan fingerprint density at radius 3 is 2.68 bits per heavy atom. The SMILES string of the molecule is CCCOC(=O)C1(C)N=C(c2ccccc2)OC1=O. The van der Waals surface area contributed by atoms with Crippen molar-refractivity contribution >= 4 is 17.8 Å². The van der Waals surface area contributed by atoms with Crippen molar-refractivity contribution in [1.82, 2.24) is 0 Å². The minimum atomic E-state index is -1.60. The molecule has 0 N–H and O–H groups in total. The van der Waals surface area contributed by atoms with E-state index in [9.17, 15) is 9.59 Å². The number of nitrogens with zero attached hydrogens (tertiary/aromatic N) is 1. The van der Waals surface area contributed by atoms with Gasteiger partial charge in [-0.15, -0.1) is 0 Å². The van der Waals surface area contributed by atoms with E-state index in [4.69, 9.17) is 9.47 Å². The normalized spacial score (nSPS) is 21.8. The Balaban J connectivity index is 2.25. The van der Waals surface area contributed by atoms with Crippen LogP contribution in [0.2, 0.25) is 0 Å². The molecule has 0 amide bonds. The second-order valence-corrected chi connectivity index (χ2v) is 4.38. The monoisotopic (exact) mass is 261 g/mol. The second kappa shape index (κ2) is 5.22. The summed E-state index contributed by atoms with van der Waals surface area (Å²) in [6.45, 7) is 3.54. The lowest BCUT2D eigenvalue weighted by atomic mass is 10.1. The first-order valence-electron chi connectivity index (χ1n) is 6.12. The predicted octanol–water partition coefficient (Wildman–Crippen LogP) is 1.70. The lowest BCUT2D eigenvalue weighted by Gasteiger charge is -2.14. The molecule has 0 spiro atoms. The van der Waals surface area contributed by atoms with Crippen LogP contribution in [0.1, 0.15) is 25.8 Å². The summed E-state index contributed by atoms with van der Waals surface area (Å²) in [4.78, 5) is 27.8. The zero-order valence-corrected chi connectivity index (χ0v) is 10.9. The van der Waals surface area contributed by atoms with Gasteiger partial charge in [0.2, 0.25) is 5.90 Å². The molecule has 1 atom stereocenters. The second-order valence-electron chi connectivity index (χ2n) is 4.38. The Kier molecular flexibility index (Phi) is 3.64. The van der Waals surface area contributed by atoms with E-state index in [0.717, 1.165) is 0 Å². The average Bonchev–Trinajstić information content (AvgIpc) is 2.74. The molecule has 0 aromatic heterocycles. The number of benzene rings is 1. The van der Waals surface area contributed by atoms with Gasteiger partial charge in [0.1, 0.15) is 0 Å². The van der Waals surface area contributed by atoms with Crippen LogP contribution in [0.5, 0.6) is 0 Å². The number of aliphatic imine (C=N–C) groups is 1. The number of ether oxygens (including phenoxy) is 2. The molecular weight excluding hydrogens is 246 g/mol. The summed E-state index contributed by atoms with van der Waals surface area (Å²) >= 11 is 0. The van der Waals surface area contributed by atoms with Crippen molar-refractivity contribution in [3.8, 4) is 0 Å². The fourth-order valence-corrected chi connectivity index (χ4v) is 1.63. The maximum Gasteiger partial charge on any atom is 0.352 e. The largest absolute Gasteiger partial charge is 0.463 e. The standard InChI is InChI=1S/C14H15NO4/c1-3-9-18-12(16)14(2)13(17)19-11(15-14)10-7-5-4-6-8-10/h4-8H,3,9H2,1-2H3. The Bertz CT molecular complexity index is 524. The molecular formula is C14H15NO4. The van der Waals surface area contributed by atoms with Crippen LogP contribution in [0.3, 0.4) is 0 Å². The Morgan fingerprint density at radius 1 is 1.37 bits per heavy atom. The molecule has 1 aliphatic rings. The first-order valence-corrected chi connectivity index (χ1v) is 6.12. The molecule has 19 heavy (non-hydrogen) atoms. The summed E-state index contributed by atoms with van der Waals surface area (Å²) in [6.07, 6.45) is 0.687. The first-order chi connectivity index (χ1) is 9.08. The van der Waals surface area contributed by atoms with Crippen molar-refractivity contribution in [3.05, 3.63) is 35.9 Å². The van der Waals surface area contributed by atoms with Crippen molar-refractivity contribution in [3.63, 3.8) is 0 Å². The molecule has 100 valence electrons. The Hall–Kier alpha value is -2.17. The van der Waals surface area contributed by atoms with Gasteiger partial charge in [-0.2, -0.15) is 0 Å². The summed E-state index contributed by atoms with van der Waals surface area (Å²) in [7, 11) is 0. The zero-order valence-electron chi connectivity index (χ0n) is 10.9. The van der Waals surface area contributed by atoms with Crippen LogP contribution in [-0.4, -0.2) is 30.0 Å². The van der Waals surface area contributed by atoms with E-state index in [-0.39, 0.29) is 12.5 Å². The van der Waals surface area contributed by atoms with Gasteiger partial charge < -0.3 is 9.47 Å². The molecule has 1 aliphatic heterocycles. The minimum absolute atomic E-state index is 0.154. The molecule has 0 radical (unpaired) electrons. The van der Waals surface area contributed by atoms with E-state index < -0.39 is 17.5 Å².